The van der Waals surface area contributed by atoms with Crippen LogP contribution in [0.2, 0.25) is 0 Å². The Balaban J connectivity index is 2.22. The van der Waals surface area contributed by atoms with Gasteiger partial charge in [0.05, 0.1) is 0 Å². The van der Waals surface area contributed by atoms with Crippen molar-refractivity contribution >= 4 is 0 Å². The van der Waals surface area contributed by atoms with Gasteiger partial charge in [0, 0.05) is 0 Å². The average Bonchev–Trinajstić information content (AvgIpc) is 2.55. The Bertz CT molecular complexity index is 245. The lowest BCUT2D eigenvalue weighted by molar-refractivity contribution is -1.26. The Kier molecular flexibility index (Phi) is 2.46. The highest BCUT2D eigenvalue weighted by atomic mass is 17.1. The number of nitrogens with one attached hydrogen (secondary N) is 4. The van der Waals surface area contributed by atoms with Crippen LogP contribution in [0.15, 0.2) is 11.4 Å². The summed E-state index contributed by atoms with van der Waals surface area (Å²) in [6.45, 7) is -0.535. The summed E-state index contributed by atoms with van der Waals surface area (Å²) in [7, 11) is 0. The monoisotopic (exact) mass is 208 g/mol. The molecule has 10 heteroatoms. The van der Waals surface area contributed by atoms with Crippen molar-refractivity contribution in [1.82, 2.24) is 0 Å². The fourth-order valence-electron chi connectivity index (χ4n) is 1.29. The van der Waals surface area contributed by atoms with Crippen molar-refractivity contribution in [3.8, 4) is 0 Å². The number of hydrogen-bond donors (Lipinski definition) is 4. The number of hydroxylamine groups is 8. The molecule has 10 nitrogen and oxygen atoms in total. The van der Waals surface area contributed by atoms with E-state index in [1.165, 1.54) is 0 Å². The topological polar surface area (TPSA) is 128 Å². The maximum atomic E-state index is 11.0. The number of quaternary nitrogens is 4. The molecule has 4 N–H and O–H groups in total. The van der Waals surface area contributed by atoms with E-state index in [9.17, 15) is 20.8 Å². The zero-order valence-corrected chi connectivity index (χ0v) is 6.86. The molecule has 2 aliphatic heterocycles. The van der Waals surface area contributed by atoms with Gasteiger partial charge in [-0.05, 0) is 9.88 Å². The quantitative estimate of drug-likeness (QED) is 0.293. The summed E-state index contributed by atoms with van der Waals surface area (Å²) in [5.41, 5.74) is -0.128. The van der Waals surface area contributed by atoms with Crippen molar-refractivity contribution in [1.29, 1.82) is 0 Å². The molecule has 2 heterocycles. The van der Waals surface area contributed by atoms with Crippen molar-refractivity contribution in [3.05, 3.63) is 32.2 Å². The van der Waals surface area contributed by atoms with Crippen molar-refractivity contribution in [2.45, 2.75) is 0 Å². The smallest absolute Gasteiger partial charge is 0.270 e. The first-order valence-electron chi connectivity index (χ1n) is 3.80. The molecule has 0 spiro atoms. The molecule has 0 aromatic rings. The first-order chi connectivity index (χ1) is 6.58. The molecular formula is C4H8N4O6. The predicted octanol–water partition coefficient (Wildman–Crippen LogP) is -6.55. The molecule has 0 saturated carbocycles. The molecule has 2 rings (SSSR count). The fraction of sp³-hybridized carbons (Fsp3) is 0.500. The van der Waals surface area contributed by atoms with E-state index >= 15 is 0 Å². The predicted molar refractivity (Wildman–Crippen MR) is 36.2 cm³/mol. The van der Waals surface area contributed by atoms with Gasteiger partial charge in [-0.15, -0.1) is 10.5 Å². The van der Waals surface area contributed by atoms with Crippen LogP contribution in [0.5, 0.6) is 0 Å². The highest BCUT2D eigenvalue weighted by Gasteiger charge is 2.40. The minimum absolute atomic E-state index is 0.0640. The normalized spacial score (nSPS) is 48.9. The summed E-state index contributed by atoms with van der Waals surface area (Å²) in [4.78, 5) is 8.43. The third-order valence-corrected chi connectivity index (χ3v) is 1.91. The van der Waals surface area contributed by atoms with Gasteiger partial charge in [-0.3, -0.25) is 0 Å². The summed E-state index contributed by atoms with van der Waals surface area (Å²) in [6, 6.07) is 0. The second-order valence-electron chi connectivity index (χ2n) is 2.83. The van der Waals surface area contributed by atoms with Crippen LogP contribution >= 0.6 is 0 Å². The summed E-state index contributed by atoms with van der Waals surface area (Å²) < 4.78 is 0. The molecule has 80 valence electrons. The van der Waals surface area contributed by atoms with Gasteiger partial charge in [0.25, 0.3) is 11.4 Å². The van der Waals surface area contributed by atoms with Crippen LogP contribution in [0.4, 0.5) is 0 Å². The van der Waals surface area contributed by atoms with Crippen LogP contribution < -0.4 is 20.9 Å². The lowest BCUT2D eigenvalue weighted by atomic mass is 10.3. The molecule has 0 radical (unpaired) electrons. The van der Waals surface area contributed by atoms with Crippen molar-refractivity contribution in [2.75, 3.05) is 13.1 Å². The molecule has 14 heavy (non-hydrogen) atoms. The molecule has 0 bridgehead atoms. The third-order valence-electron chi connectivity index (χ3n) is 1.91. The molecule has 2 aliphatic rings. The van der Waals surface area contributed by atoms with E-state index in [0.29, 0.717) is 0 Å². The summed E-state index contributed by atoms with van der Waals surface area (Å²) in [5, 5.41) is 40.2. The molecule has 2 saturated heterocycles. The number of hydrogen-bond acceptors (Lipinski definition) is 6. The average molecular weight is 208 g/mol. The van der Waals surface area contributed by atoms with Crippen LogP contribution in [-0.4, -0.2) is 13.1 Å². The van der Waals surface area contributed by atoms with Crippen LogP contribution in [0.3, 0.4) is 0 Å². The van der Waals surface area contributed by atoms with Crippen molar-refractivity contribution in [2.24, 2.45) is 0 Å². The largest absolute Gasteiger partial charge is 0.595 e. The lowest BCUT2D eigenvalue weighted by Gasteiger charge is -2.12. The summed E-state index contributed by atoms with van der Waals surface area (Å²) >= 11 is 0. The molecule has 0 aromatic carbocycles. The lowest BCUT2D eigenvalue weighted by Crippen LogP contribution is -3.17. The first-order valence-corrected chi connectivity index (χ1v) is 3.80. The Morgan fingerprint density at radius 1 is 0.786 bits per heavy atom. The molecule has 0 aromatic heterocycles. The van der Waals surface area contributed by atoms with Gasteiger partial charge < -0.3 is 20.8 Å². The zero-order valence-electron chi connectivity index (χ0n) is 6.86. The van der Waals surface area contributed by atoms with Gasteiger partial charge in [-0.2, -0.15) is 10.5 Å². The van der Waals surface area contributed by atoms with Gasteiger partial charge in [-0.1, -0.05) is 0 Å². The highest BCUT2D eigenvalue weighted by Crippen LogP contribution is 1.90. The van der Waals surface area contributed by atoms with Crippen LogP contribution in [-0.2, 0) is 9.88 Å². The Labute approximate surface area is 77.2 Å². The van der Waals surface area contributed by atoms with Gasteiger partial charge in [0.15, 0.2) is 13.1 Å². The molecule has 2 fully saturated rings. The summed E-state index contributed by atoms with van der Waals surface area (Å²) in [5.74, 6) is 0. The molecule has 4 atom stereocenters. The zero-order chi connectivity index (χ0) is 10.3. The van der Waals surface area contributed by atoms with Gasteiger partial charge in [-0.25, -0.2) is 0 Å². The second kappa shape index (κ2) is 3.48. The second-order valence-corrected chi connectivity index (χ2v) is 2.83. The Morgan fingerprint density at radius 2 is 1.14 bits per heavy atom. The van der Waals surface area contributed by atoms with Crippen LogP contribution in [0.1, 0.15) is 0 Å². The minimum atomic E-state index is -0.864. The summed E-state index contributed by atoms with van der Waals surface area (Å²) in [6.07, 6.45) is 0. The van der Waals surface area contributed by atoms with Gasteiger partial charge in [0.2, 0.25) is 0 Å². The highest BCUT2D eigenvalue weighted by molar-refractivity contribution is 4.99. The first kappa shape index (κ1) is 9.88. The maximum absolute atomic E-state index is 11.0. The van der Waals surface area contributed by atoms with E-state index in [2.05, 4.69) is 9.88 Å². The maximum Gasteiger partial charge on any atom is 0.270 e. The van der Waals surface area contributed by atoms with E-state index in [1.807, 2.05) is 0 Å². The van der Waals surface area contributed by atoms with Crippen molar-refractivity contribution in [3.63, 3.8) is 0 Å². The fourth-order valence-corrected chi connectivity index (χ4v) is 1.29. The molecule has 4 unspecified atom stereocenters. The van der Waals surface area contributed by atoms with E-state index in [-0.39, 0.29) is 24.5 Å². The van der Waals surface area contributed by atoms with E-state index in [1.54, 1.807) is 0 Å². The SMILES string of the molecule is [O-][NH+]1C/C(=C2/C[NH+]([O-])O[NH+]2[O-])[NH+]([O-])O1. The van der Waals surface area contributed by atoms with E-state index in [0.717, 1.165) is 0 Å². The van der Waals surface area contributed by atoms with Crippen LogP contribution in [0, 0.1) is 20.8 Å². The minimum Gasteiger partial charge on any atom is -0.595 e. The van der Waals surface area contributed by atoms with Crippen LogP contribution in [0.25, 0.3) is 0 Å². The standard InChI is InChI=1S/C4H8N4O6/c9-5-1-3(7(11)13-5)4-2-6(10)14-8(4)12/h5-8H,1-2H2/b4-3+. The molecular weight excluding hydrogens is 200 g/mol. The third kappa shape index (κ3) is 1.62. The molecule has 0 amide bonds. The van der Waals surface area contributed by atoms with Gasteiger partial charge in [0.1, 0.15) is 0 Å². The van der Waals surface area contributed by atoms with Crippen molar-refractivity contribution < 1.29 is 30.8 Å². The Hall–Kier alpha value is -0.660. The number of rotatable bonds is 0. The van der Waals surface area contributed by atoms with Gasteiger partial charge >= 0.3 is 0 Å². The van der Waals surface area contributed by atoms with E-state index < -0.39 is 20.9 Å². The Morgan fingerprint density at radius 3 is 1.36 bits per heavy atom. The molecule has 0 aliphatic carbocycles. The van der Waals surface area contributed by atoms with E-state index in [4.69, 9.17) is 0 Å².